The lowest BCUT2D eigenvalue weighted by Gasteiger charge is -2.20. The van der Waals surface area contributed by atoms with E-state index < -0.39 is 0 Å². The summed E-state index contributed by atoms with van der Waals surface area (Å²) in [6.07, 6.45) is 3.13. The molecule has 1 fully saturated rings. The number of amides is 1. The number of pyridine rings is 1. The number of benzene rings is 1. The Labute approximate surface area is 172 Å². The molecular formula is C22H30N6O. The van der Waals surface area contributed by atoms with Crippen molar-refractivity contribution in [3.8, 4) is 0 Å². The van der Waals surface area contributed by atoms with Crippen molar-refractivity contribution >= 4 is 23.4 Å². The van der Waals surface area contributed by atoms with Gasteiger partial charge in [-0.3, -0.25) is 9.79 Å². The summed E-state index contributed by atoms with van der Waals surface area (Å²) in [6.45, 7) is 6.52. The summed E-state index contributed by atoms with van der Waals surface area (Å²) in [4.78, 5) is 22.9. The highest BCUT2D eigenvalue weighted by Gasteiger charge is 2.23. The fourth-order valence-corrected chi connectivity index (χ4v) is 3.30. The molecule has 0 radical (unpaired) electrons. The molecule has 7 nitrogen and oxygen atoms in total. The highest BCUT2D eigenvalue weighted by atomic mass is 16.1. The van der Waals surface area contributed by atoms with E-state index in [-0.39, 0.29) is 5.91 Å². The number of nitrogens with one attached hydrogen (secondary N) is 3. The minimum Gasteiger partial charge on any atom is -0.369 e. The van der Waals surface area contributed by atoms with E-state index in [2.05, 4.69) is 62.0 Å². The predicted octanol–water partition coefficient (Wildman–Crippen LogP) is 2.47. The van der Waals surface area contributed by atoms with Crippen molar-refractivity contribution in [3.05, 3.63) is 53.7 Å². The van der Waals surface area contributed by atoms with Gasteiger partial charge < -0.3 is 20.9 Å². The Morgan fingerprint density at radius 3 is 2.62 bits per heavy atom. The number of hydrogen-bond donors (Lipinski definition) is 3. The first kappa shape index (κ1) is 20.6. The van der Waals surface area contributed by atoms with Crippen LogP contribution in [-0.4, -0.2) is 49.6 Å². The summed E-state index contributed by atoms with van der Waals surface area (Å²) in [6, 6.07) is 12.7. The molecule has 1 aliphatic heterocycles. The maximum Gasteiger partial charge on any atom is 0.227 e. The van der Waals surface area contributed by atoms with Crippen LogP contribution in [0.1, 0.15) is 24.0 Å². The molecule has 29 heavy (non-hydrogen) atoms. The monoisotopic (exact) mass is 394 g/mol. The number of aryl methyl sites for hydroxylation is 2. The van der Waals surface area contributed by atoms with E-state index in [1.54, 1.807) is 19.3 Å². The van der Waals surface area contributed by atoms with Gasteiger partial charge in [0.15, 0.2) is 5.96 Å². The minimum absolute atomic E-state index is 0.0734. The van der Waals surface area contributed by atoms with Crippen LogP contribution in [0, 0.1) is 13.8 Å². The summed E-state index contributed by atoms with van der Waals surface area (Å²) < 4.78 is 0. The fraction of sp³-hybridized carbons (Fsp3) is 0.409. The standard InChI is InChI=1S/C22H30N6O/c1-16-4-7-19(8-5-16)28-13-11-18(15-28)26-22(23-3)24-12-10-21(29)27-20-9-6-17(2)14-25-20/h4-9,14,18H,10-13,15H2,1-3H3,(H2,23,24,26)(H,25,27,29). The Bertz CT molecular complexity index is 831. The van der Waals surface area contributed by atoms with Gasteiger partial charge in [-0.2, -0.15) is 0 Å². The Kier molecular flexibility index (Phi) is 7.05. The largest absolute Gasteiger partial charge is 0.369 e. The molecule has 7 heteroatoms. The molecule has 1 saturated heterocycles. The number of hydrogen-bond acceptors (Lipinski definition) is 4. The molecule has 0 saturated carbocycles. The van der Waals surface area contributed by atoms with Crippen molar-refractivity contribution in [2.75, 3.05) is 36.9 Å². The van der Waals surface area contributed by atoms with Crippen LogP contribution in [0.2, 0.25) is 0 Å². The van der Waals surface area contributed by atoms with Gasteiger partial charge in [-0.1, -0.05) is 23.8 Å². The molecular weight excluding hydrogens is 364 g/mol. The smallest absolute Gasteiger partial charge is 0.227 e. The fourth-order valence-electron chi connectivity index (χ4n) is 3.30. The molecule has 0 aliphatic carbocycles. The lowest BCUT2D eigenvalue weighted by molar-refractivity contribution is -0.116. The summed E-state index contributed by atoms with van der Waals surface area (Å²) >= 11 is 0. The van der Waals surface area contributed by atoms with Crippen LogP contribution in [0.25, 0.3) is 0 Å². The van der Waals surface area contributed by atoms with Gasteiger partial charge in [0.05, 0.1) is 0 Å². The predicted molar refractivity (Wildman–Crippen MR) is 119 cm³/mol. The molecule has 1 amide bonds. The molecule has 154 valence electrons. The molecule has 0 spiro atoms. The van der Waals surface area contributed by atoms with Gasteiger partial charge in [0, 0.05) is 51.0 Å². The van der Waals surface area contributed by atoms with E-state index in [1.807, 2.05) is 13.0 Å². The highest BCUT2D eigenvalue weighted by molar-refractivity contribution is 5.90. The number of carbonyl (C=O) groups excluding carboxylic acids is 1. The third-order valence-electron chi connectivity index (χ3n) is 4.98. The van der Waals surface area contributed by atoms with E-state index in [4.69, 9.17) is 0 Å². The zero-order valence-corrected chi connectivity index (χ0v) is 17.4. The number of carbonyl (C=O) groups is 1. The normalized spacial score (nSPS) is 16.6. The molecule has 3 N–H and O–H groups in total. The van der Waals surface area contributed by atoms with Gasteiger partial charge in [-0.05, 0) is 44.0 Å². The Hall–Kier alpha value is -3.09. The lowest BCUT2D eigenvalue weighted by atomic mass is 10.2. The zero-order valence-electron chi connectivity index (χ0n) is 17.4. The summed E-state index contributed by atoms with van der Waals surface area (Å²) in [5, 5.41) is 9.49. The number of aromatic nitrogens is 1. The number of nitrogens with zero attached hydrogens (tertiary/aromatic N) is 3. The topological polar surface area (TPSA) is 81.6 Å². The highest BCUT2D eigenvalue weighted by Crippen LogP contribution is 2.20. The van der Waals surface area contributed by atoms with Gasteiger partial charge in [-0.25, -0.2) is 4.98 Å². The molecule has 2 aromatic rings. The van der Waals surface area contributed by atoms with E-state index in [9.17, 15) is 4.79 Å². The second kappa shape index (κ2) is 9.91. The number of guanidine groups is 1. The Morgan fingerprint density at radius 2 is 1.93 bits per heavy atom. The van der Waals surface area contributed by atoms with Gasteiger partial charge >= 0.3 is 0 Å². The van der Waals surface area contributed by atoms with Crippen LogP contribution in [0.3, 0.4) is 0 Å². The maximum absolute atomic E-state index is 12.1. The van der Waals surface area contributed by atoms with E-state index >= 15 is 0 Å². The summed E-state index contributed by atoms with van der Waals surface area (Å²) in [7, 11) is 1.75. The Morgan fingerprint density at radius 1 is 1.17 bits per heavy atom. The lowest BCUT2D eigenvalue weighted by Crippen LogP contribution is -2.45. The quantitative estimate of drug-likeness (QED) is 0.518. The zero-order chi connectivity index (χ0) is 20.6. The third-order valence-corrected chi connectivity index (χ3v) is 4.98. The summed E-state index contributed by atoms with van der Waals surface area (Å²) in [5.41, 5.74) is 3.59. The van der Waals surface area contributed by atoms with E-state index in [0.717, 1.165) is 31.0 Å². The van der Waals surface area contributed by atoms with E-state index in [1.165, 1.54) is 11.3 Å². The van der Waals surface area contributed by atoms with Crippen LogP contribution >= 0.6 is 0 Å². The molecule has 1 unspecified atom stereocenters. The SMILES string of the molecule is CN=C(NCCC(=O)Nc1ccc(C)cn1)NC1CCN(c2ccc(C)cc2)C1. The van der Waals surface area contributed by atoms with Gasteiger partial charge in [0.2, 0.25) is 5.91 Å². The minimum atomic E-state index is -0.0734. The second-order valence-corrected chi connectivity index (χ2v) is 7.43. The van der Waals surface area contributed by atoms with Crippen molar-refractivity contribution < 1.29 is 4.79 Å². The van der Waals surface area contributed by atoms with Crippen LogP contribution in [0.15, 0.2) is 47.6 Å². The number of rotatable bonds is 6. The van der Waals surface area contributed by atoms with Crippen LogP contribution in [0.4, 0.5) is 11.5 Å². The molecule has 3 rings (SSSR count). The van der Waals surface area contributed by atoms with E-state index in [0.29, 0.717) is 24.8 Å². The first-order chi connectivity index (χ1) is 14.0. The van der Waals surface area contributed by atoms with Crippen LogP contribution < -0.4 is 20.9 Å². The van der Waals surface area contributed by atoms with Gasteiger partial charge in [-0.15, -0.1) is 0 Å². The maximum atomic E-state index is 12.1. The van der Waals surface area contributed by atoms with Crippen molar-refractivity contribution in [1.82, 2.24) is 15.6 Å². The van der Waals surface area contributed by atoms with Crippen LogP contribution in [0.5, 0.6) is 0 Å². The first-order valence-electron chi connectivity index (χ1n) is 10.0. The molecule has 1 aliphatic rings. The summed E-state index contributed by atoms with van der Waals surface area (Å²) in [5.74, 6) is 1.22. The van der Waals surface area contributed by atoms with Gasteiger partial charge in [0.1, 0.15) is 5.82 Å². The molecule has 0 bridgehead atoms. The van der Waals surface area contributed by atoms with Crippen molar-refractivity contribution in [1.29, 1.82) is 0 Å². The van der Waals surface area contributed by atoms with Crippen molar-refractivity contribution in [2.45, 2.75) is 32.7 Å². The van der Waals surface area contributed by atoms with Crippen molar-refractivity contribution in [2.24, 2.45) is 4.99 Å². The molecule has 1 aromatic carbocycles. The van der Waals surface area contributed by atoms with Gasteiger partial charge in [0.25, 0.3) is 0 Å². The Balaban J connectivity index is 1.40. The average Bonchev–Trinajstić information content (AvgIpc) is 3.18. The average molecular weight is 395 g/mol. The van der Waals surface area contributed by atoms with Crippen LogP contribution in [-0.2, 0) is 4.79 Å². The first-order valence-corrected chi connectivity index (χ1v) is 10.0. The molecule has 2 heterocycles. The molecule has 1 aromatic heterocycles. The number of aliphatic imine (C=N–C) groups is 1. The third kappa shape index (κ3) is 6.20. The molecule has 1 atom stereocenters. The number of anilines is 2. The van der Waals surface area contributed by atoms with Crippen molar-refractivity contribution in [3.63, 3.8) is 0 Å². The second-order valence-electron chi connectivity index (χ2n) is 7.43.